The van der Waals surface area contributed by atoms with Crippen molar-refractivity contribution < 1.29 is 4.79 Å². The van der Waals surface area contributed by atoms with Gasteiger partial charge in [-0.25, -0.2) is 0 Å². The summed E-state index contributed by atoms with van der Waals surface area (Å²) >= 11 is 1.19. The van der Waals surface area contributed by atoms with Gasteiger partial charge in [0.25, 0.3) is 5.91 Å². The van der Waals surface area contributed by atoms with E-state index < -0.39 is 0 Å². The molecule has 0 aliphatic carbocycles. The van der Waals surface area contributed by atoms with Crippen LogP contribution in [-0.2, 0) is 11.3 Å². The fourth-order valence-corrected chi connectivity index (χ4v) is 1.89. The van der Waals surface area contributed by atoms with Crippen molar-refractivity contribution in [1.29, 1.82) is 0 Å². The molecular weight excluding hydrogens is 212 g/mol. The fraction of sp³-hybridized carbons (Fsp3) is 0.222. The van der Waals surface area contributed by atoms with E-state index in [4.69, 9.17) is 5.73 Å². The molecule has 6 heteroatoms. The van der Waals surface area contributed by atoms with Gasteiger partial charge in [-0.3, -0.25) is 9.48 Å². The minimum absolute atomic E-state index is 0.276. The third-order valence-corrected chi connectivity index (χ3v) is 2.72. The molecule has 0 unspecified atom stereocenters. The van der Waals surface area contributed by atoms with Crippen LogP contribution < -0.4 is 5.73 Å². The Morgan fingerprint density at radius 3 is 3.00 bits per heavy atom. The molecule has 1 aromatic rings. The highest BCUT2D eigenvalue weighted by Gasteiger charge is 2.19. The molecule has 0 bridgehead atoms. The highest BCUT2D eigenvalue weighted by atomic mass is 32.2. The van der Waals surface area contributed by atoms with Gasteiger partial charge in [-0.2, -0.15) is 10.1 Å². The number of nitrogens with two attached hydrogens (primary N) is 1. The van der Waals surface area contributed by atoms with Crippen molar-refractivity contribution in [2.24, 2.45) is 10.7 Å². The molecule has 78 valence electrons. The predicted molar refractivity (Wildman–Crippen MR) is 60.1 cm³/mol. The first-order valence-corrected chi connectivity index (χ1v) is 5.31. The molecule has 1 aliphatic heterocycles. The zero-order chi connectivity index (χ0) is 10.8. The van der Waals surface area contributed by atoms with E-state index in [1.54, 1.807) is 17.0 Å². The summed E-state index contributed by atoms with van der Waals surface area (Å²) in [6.07, 6.45) is 5.32. The quantitative estimate of drug-likeness (QED) is 0.752. The van der Waals surface area contributed by atoms with E-state index in [1.165, 1.54) is 11.8 Å². The third-order valence-electron chi connectivity index (χ3n) is 1.91. The van der Waals surface area contributed by atoms with E-state index >= 15 is 0 Å². The van der Waals surface area contributed by atoms with Crippen LogP contribution in [0.15, 0.2) is 22.3 Å². The van der Waals surface area contributed by atoms with Gasteiger partial charge < -0.3 is 5.73 Å². The van der Waals surface area contributed by atoms with Crippen LogP contribution in [0.1, 0.15) is 12.5 Å². The Bertz CT molecular complexity index is 460. The molecule has 0 fully saturated rings. The zero-order valence-corrected chi connectivity index (χ0v) is 8.99. The van der Waals surface area contributed by atoms with Crippen LogP contribution in [0.2, 0.25) is 0 Å². The number of aliphatic imine (C=N–C) groups is 1. The number of aromatic nitrogens is 2. The van der Waals surface area contributed by atoms with Crippen molar-refractivity contribution in [3.05, 3.63) is 22.9 Å². The lowest BCUT2D eigenvalue weighted by Gasteiger charge is -1.91. The van der Waals surface area contributed by atoms with E-state index in [0.717, 1.165) is 12.1 Å². The molecule has 0 atom stereocenters. The molecule has 0 saturated heterocycles. The van der Waals surface area contributed by atoms with Gasteiger partial charge in [-0.05, 0) is 24.8 Å². The first-order chi connectivity index (χ1) is 7.19. The number of nitrogens with zero attached hydrogens (tertiary/aromatic N) is 3. The Kier molecular flexibility index (Phi) is 2.59. The van der Waals surface area contributed by atoms with Crippen LogP contribution >= 0.6 is 11.8 Å². The minimum atomic E-state index is -0.276. The van der Waals surface area contributed by atoms with Gasteiger partial charge in [0.1, 0.15) is 0 Å². The monoisotopic (exact) mass is 222 g/mol. The van der Waals surface area contributed by atoms with Crippen molar-refractivity contribution >= 4 is 28.9 Å². The van der Waals surface area contributed by atoms with E-state index in [9.17, 15) is 4.79 Å². The van der Waals surface area contributed by atoms with Crippen LogP contribution in [0.5, 0.6) is 0 Å². The van der Waals surface area contributed by atoms with Crippen LogP contribution in [0, 0.1) is 0 Å². The number of rotatable bonds is 2. The number of carbonyl (C=O) groups excluding carboxylic acids is 1. The maximum Gasteiger partial charge on any atom is 0.286 e. The van der Waals surface area contributed by atoms with Gasteiger partial charge in [0, 0.05) is 18.3 Å². The van der Waals surface area contributed by atoms with Crippen LogP contribution in [0.4, 0.5) is 0 Å². The normalized spacial score (nSPS) is 18.6. The van der Waals surface area contributed by atoms with Crippen LogP contribution in [0.25, 0.3) is 6.08 Å². The number of hydrogen-bond acceptors (Lipinski definition) is 4. The van der Waals surface area contributed by atoms with Crippen LogP contribution in [0.3, 0.4) is 0 Å². The molecule has 0 spiro atoms. The topological polar surface area (TPSA) is 73.3 Å². The molecule has 1 aromatic heterocycles. The summed E-state index contributed by atoms with van der Waals surface area (Å²) < 4.78 is 1.79. The highest BCUT2D eigenvalue weighted by molar-refractivity contribution is 8.18. The lowest BCUT2D eigenvalue weighted by atomic mass is 10.3. The first kappa shape index (κ1) is 9.97. The molecule has 0 aromatic carbocycles. The summed E-state index contributed by atoms with van der Waals surface area (Å²) in [7, 11) is 0. The second-order valence-electron chi connectivity index (χ2n) is 3.00. The van der Waals surface area contributed by atoms with Crippen molar-refractivity contribution in [1.82, 2.24) is 9.78 Å². The van der Waals surface area contributed by atoms with E-state index in [0.29, 0.717) is 10.1 Å². The van der Waals surface area contributed by atoms with E-state index in [-0.39, 0.29) is 5.91 Å². The van der Waals surface area contributed by atoms with Crippen molar-refractivity contribution in [2.45, 2.75) is 13.5 Å². The van der Waals surface area contributed by atoms with Gasteiger partial charge in [-0.15, -0.1) is 0 Å². The summed E-state index contributed by atoms with van der Waals surface area (Å²) in [6.45, 7) is 2.81. The summed E-state index contributed by atoms with van der Waals surface area (Å²) in [6, 6.07) is 0. The molecule has 2 N–H and O–H groups in total. The van der Waals surface area contributed by atoms with Gasteiger partial charge in [0.15, 0.2) is 5.17 Å². The number of amidine groups is 1. The average molecular weight is 222 g/mol. The van der Waals surface area contributed by atoms with Crippen molar-refractivity contribution in [3.8, 4) is 0 Å². The average Bonchev–Trinajstić information content (AvgIpc) is 2.75. The molecule has 2 heterocycles. The summed E-state index contributed by atoms with van der Waals surface area (Å²) in [5, 5.41) is 4.40. The van der Waals surface area contributed by atoms with Gasteiger partial charge in [0.2, 0.25) is 0 Å². The second kappa shape index (κ2) is 3.90. The first-order valence-electron chi connectivity index (χ1n) is 4.49. The molecule has 1 aliphatic rings. The summed E-state index contributed by atoms with van der Waals surface area (Å²) in [4.78, 5) is 15.4. The Morgan fingerprint density at radius 2 is 2.47 bits per heavy atom. The van der Waals surface area contributed by atoms with E-state index in [2.05, 4.69) is 10.1 Å². The Labute approximate surface area is 91.1 Å². The van der Waals surface area contributed by atoms with Gasteiger partial charge in [0.05, 0.1) is 11.1 Å². The van der Waals surface area contributed by atoms with Crippen molar-refractivity contribution in [2.75, 3.05) is 0 Å². The Hall–Kier alpha value is -1.56. The Morgan fingerprint density at radius 1 is 1.67 bits per heavy atom. The van der Waals surface area contributed by atoms with Gasteiger partial charge >= 0.3 is 0 Å². The zero-order valence-electron chi connectivity index (χ0n) is 8.17. The number of carbonyl (C=O) groups is 1. The Balaban J connectivity index is 2.21. The maximum absolute atomic E-state index is 11.3. The van der Waals surface area contributed by atoms with E-state index in [1.807, 2.05) is 13.1 Å². The minimum Gasteiger partial charge on any atom is -0.378 e. The molecule has 1 amide bonds. The largest absolute Gasteiger partial charge is 0.378 e. The maximum atomic E-state index is 11.3. The lowest BCUT2D eigenvalue weighted by Crippen LogP contribution is -2.01. The second-order valence-corrected chi connectivity index (χ2v) is 4.06. The summed E-state index contributed by atoms with van der Waals surface area (Å²) in [5.41, 5.74) is 6.32. The predicted octanol–water partition coefficient (Wildman–Crippen LogP) is 0.832. The fourth-order valence-electron chi connectivity index (χ4n) is 1.20. The van der Waals surface area contributed by atoms with Crippen molar-refractivity contribution in [3.63, 3.8) is 0 Å². The number of hydrogen-bond donors (Lipinski definition) is 1. The number of aryl methyl sites for hydroxylation is 1. The standard InChI is InChI=1S/C9H10N4OS/c1-2-13-5-6(4-11-13)3-7-8(14)12-9(10)15-7/h3-5H,2H2,1H3,(H2,10,12,14)/b7-3+. The third kappa shape index (κ3) is 2.10. The molecule has 15 heavy (non-hydrogen) atoms. The molecule has 0 saturated carbocycles. The lowest BCUT2D eigenvalue weighted by molar-refractivity contribution is -0.113. The summed E-state index contributed by atoms with van der Waals surface area (Å²) in [5.74, 6) is -0.276. The smallest absolute Gasteiger partial charge is 0.286 e. The molecule has 2 rings (SSSR count). The SMILES string of the molecule is CCn1cc(/C=C2/SC(N)=NC2=O)cn1. The molecule has 5 nitrogen and oxygen atoms in total. The highest BCUT2D eigenvalue weighted by Crippen LogP contribution is 2.25. The number of amides is 1. The van der Waals surface area contributed by atoms with Crippen LogP contribution in [-0.4, -0.2) is 20.9 Å². The molecule has 0 radical (unpaired) electrons. The van der Waals surface area contributed by atoms with Gasteiger partial charge in [-0.1, -0.05) is 0 Å². The molecular formula is C9H10N4OS. The number of thioether (sulfide) groups is 1.